The predicted octanol–water partition coefficient (Wildman–Crippen LogP) is 0.991. The number of hydrogen-bond donors (Lipinski definition) is 1. The normalized spacial score (nSPS) is 11.3. The summed E-state index contributed by atoms with van der Waals surface area (Å²) in [7, 11) is 3.59. The van der Waals surface area contributed by atoms with Crippen molar-refractivity contribution < 1.29 is 4.42 Å². The number of aromatic nitrogens is 3. The van der Waals surface area contributed by atoms with Gasteiger partial charge in [-0.05, 0) is 18.2 Å². The van der Waals surface area contributed by atoms with E-state index in [0.717, 1.165) is 22.5 Å². The molecule has 0 saturated carbocycles. The molecule has 0 aliphatic rings. The Morgan fingerprint density at radius 3 is 2.89 bits per heavy atom. The quantitative estimate of drug-likeness (QED) is 0.743. The lowest BCUT2D eigenvalue weighted by Crippen LogP contribution is -2.08. The van der Waals surface area contributed by atoms with E-state index < -0.39 is 0 Å². The average molecular weight is 258 g/mol. The Balaban J connectivity index is 2.25. The van der Waals surface area contributed by atoms with Gasteiger partial charge in [0.05, 0.1) is 23.2 Å². The molecular formula is C13H14N4O2. The number of nitrogens with two attached hydrogens (primary N) is 1. The van der Waals surface area contributed by atoms with Gasteiger partial charge in [-0.25, -0.2) is 9.78 Å². The van der Waals surface area contributed by atoms with Crippen LogP contribution in [-0.2, 0) is 20.6 Å². The molecule has 1 aromatic carbocycles. The first-order valence-corrected chi connectivity index (χ1v) is 5.92. The van der Waals surface area contributed by atoms with E-state index in [2.05, 4.69) is 4.98 Å². The van der Waals surface area contributed by atoms with E-state index in [-0.39, 0.29) is 5.76 Å². The molecule has 0 radical (unpaired) electrons. The van der Waals surface area contributed by atoms with Gasteiger partial charge in [-0.1, -0.05) is 0 Å². The molecule has 19 heavy (non-hydrogen) atoms. The first-order valence-electron chi connectivity index (χ1n) is 5.92. The Labute approximate surface area is 109 Å². The van der Waals surface area contributed by atoms with Gasteiger partial charge in [0.15, 0.2) is 5.58 Å². The zero-order valence-corrected chi connectivity index (χ0v) is 10.8. The summed E-state index contributed by atoms with van der Waals surface area (Å²) in [6.07, 6.45) is 1.73. The zero-order valence-electron chi connectivity index (χ0n) is 10.8. The van der Waals surface area contributed by atoms with Gasteiger partial charge in [0, 0.05) is 26.2 Å². The summed E-state index contributed by atoms with van der Waals surface area (Å²) in [5, 5.41) is 0. The van der Waals surface area contributed by atoms with E-state index in [0.29, 0.717) is 12.1 Å². The second-order valence-corrected chi connectivity index (χ2v) is 4.46. The Bertz CT molecular complexity index is 810. The molecule has 0 aliphatic carbocycles. The fourth-order valence-corrected chi connectivity index (χ4v) is 2.21. The Hall–Kier alpha value is -2.34. The van der Waals surface area contributed by atoms with Crippen molar-refractivity contribution in [2.75, 3.05) is 0 Å². The number of benzene rings is 1. The summed E-state index contributed by atoms with van der Waals surface area (Å²) in [5.41, 5.74) is 9.77. The van der Waals surface area contributed by atoms with Crippen LogP contribution in [0.3, 0.4) is 0 Å². The minimum Gasteiger partial charge on any atom is -0.408 e. The van der Waals surface area contributed by atoms with Crippen molar-refractivity contribution in [3.05, 3.63) is 40.8 Å². The molecule has 0 aliphatic heterocycles. The van der Waals surface area contributed by atoms with E-state index in [9.17, 15) is 4.79 Å². The highest BCUT2D eigenvalue weighted by atomic mass is 16.4. The molecule has 2 aromatic heterocycles. The second-order valence-electron chi connectivity index (χ2n) is 4.46. The van der Waals surface area contributed by atoms with Gasteiger partial charge in [-0.15, -0.1) is 0 Å². The Morgan fingerprint density at radius 2 is 2.16 bits per heavy atom. The molecule has 98 valence electrons. The van der Waals surface area contributed by atoms with Crippen LogP contribution in [0.2, 0.25) is 0 Å². The van der Waals surface area contributed by atoms with Crippen molar-refractivity contribution in [2.45, 2.75) is 6.54 Å². The molecule has 0 fully saturated rings. The predicted molar refractivity (Wildman–Crippen MR) is 71.5 cm³/mol. The number of fused-ring (bicyclic) bond motifs is 1. The third-order valence-electron chi connectivity index (χ3n) is 3.32. The smallest absolute Gasteiger partial charge is 0.408 e. The lowest BCUT2D eigenvalue weighted by atomic mass is 10.1. The van der Waals surface area contributed by atoms with Gasteiger partial charge in [0.1, 0.15) is 0 Å². The van der Waals surface area contributed by atoms with Crippen LogP contribution in [0.5, 0.6) is 0 Å². The topological polar surface area (TPSA) is 79.0 Å². The molecule has 0 saturated heterocycles. The van der Waals surface area contributed by atoms with E-state index in [1.165, 1.54) is 4.57 Å². The van der Waals surface area contributed by atoms with E-state index in [4.69, 9.17) is 10.2 Å². The standard InChI is InChI=1S/C13H14N4O2/c1-16-7-15-12(10(16)6-14)8-3-4-11-9(5-8)17(2)13(18)19-11/h3-5,7H,6,14H2,1-2H3. The van der Waals surface area contributed by atoms with Crippen molar-refractivity contribution in [2.24, 2.45) is 19.8 Å². The number of imidazole rings is 1. The largest absolute Gasteiger partial charge is 0.419 e. The van der Waals surface area contributed by atoms with Crippen molar-refractivity contribution in [3.8, 4) is 11.3 Å². The number of oxazole rings is 1. The van der Waals surface area contributed by atoms with Crippen LogP contribution >= 0.6 is 0 Å². The van der Waals surface area contributed by atoms with Crippen LogP contribution in [0.15, 0.2) is 33.7 Å². The maximum absolute atomic E-state index is 11.5. The van der Waals surface area contributed by atoms with Crippen LogP contribution < -0.4 is 11.5 Å². The summed E-state index contributed by atoms with van der Waals surface area (Å²) >= 11 is 0. The maximum atomic E-state index is 11.5. The van der Waals surface area contributed by atoms with Crippen LogP contribution in [0.1, 0.15) is 5.69 Å². The van der Waals surface area contributed by atoms with Crippen LogP contribution in [0.25, 0.3) is 22.4 Å². The first-order chi connectivity index (χ1) is 9.11. The summed E-state index contributed by atoms with van der Waals surface area (Å²) in [5.74, 6) is -0.368. The third kappa shape index (κ3) is 1.68. The molecule has 2 N–H and O–H groups in total. The molecule has 3 aromatic rings. The highest BCUT2D eigenvalue weighted by Gasteiger charge is 2.12. The fraction of sp³-hybridized carbons (Fsp3) is 0.231. The van der Waals surface area contributed by atoms with Gasteiger partial charge in [-0.2, -0.15) is 0 Å². The summed E-state index contributed by atoms with van der Waals surface area (Å²) in [6.45, 7) is 0.411. The maximum Gasteiger partial charge on any atom is 0.419 e. The third-order valence-corrected chi connectivity index (χ3v) is 3.32. The number of hydrogen-bond acceptors (Lipinski definition) is 4. The second kappa shape index (κ2) is 4.10. The molecule has 3 rings (SSSR count). The molecule has 6 heteroatoms. The van der Waals surface area contributed by atoms with Crippen molar-refractivity contribution in [1.82, 2.24) is 14.1 Å². The highest BCUT2D eigenvalue weighted by Crippen LogP contribution is 2.25. The Kier molecular flexibility index (Phi) is 2.53. The van der Waals surface area contributed by atoms with Gasteiger partial charge in [0.25, 0.3) is 0 Å². The van der Waals surface area contributed by atoms with Gasteiger partial charge in [-0.3, -0.25) is 4.57 Å². The van der Waals surface area contributed by atoms with E-state index >= 15 is 0 Å². The van der Waals surface area contributed by atoms with Gasteiger partial charge in [0.2, 0.25) is 0 Å². The lowest BCUT2D eigenvalue weighted by Gasteiger charge is -2.03. The fourth-order valence-electron chi connectivity index (χ4n) is 2.21. The SMILES string of the molecule is Cn1cnc(-c2ccc3oc(=O)n(C)c3c2)c1CN. The lowest BCUT2D eigenvalue weighted by molar-refractivity contribution is 0.528. The van der Waals surface area contributed by atoms with Crippen LogP contribution in [0, 0.1) is 0 Å². The van der Waals surface area contributed by atoms with E-state index in [1.807, 2.05) is 23.7 Å². The molecule has 6 nitrogen and oxygen atoms in total. The molecule has 0 spiro atoms. The summed E-state index contributed by atoms with van der Waals surface area (Å²) in [6, 6.07) is 5.55. The van der Waals surface area contributed by atoms with Crippen LogP contribution in [0.4, 0.5) is 0 Å². The van der Waals surface area contributed by atoms with Crippen molar-refractivity contribution in [1.29, 1.82) is 0 Å². The van der Waals surface area contributed by atoms with Gasteiger partial charge >= 0.3 is 5.76 Å². The number of aryl methyl sites for hydroxylation is 2. The molecule has 0 atom stereocenters. The monoisotopic (exact) mass is 258 g/mol. The van der Waals surface area contributed by atoms with E-state index in [1.54, 1.807) is 19.4 Å². The minimum absolute atomic E-state index is 0.368. The first kappa shape index (κ1) is 11.7. The summed E-state index contributed by atoms with van der Waals surface area (Å²) in [4.78, 5) is 15.8. The van der Waals surface area contributed by atoms with Gasteiger partial charge < -0.3 is 14.7 Å². The van der Waals surface area contributed by atoms with Crippen molar-refractivity contribution in [3.63, 3.8) is 0 Å². The van der Waals surface area contributed by atoms with Crippen molar-refractivity contribution >= 4 is 11.1 Å². The number of rotatable bonds is 2. The zero-order chi connectivity index (χ0) is 13.6. The Morgan fingerprint density at radius 1 is 1.37 bits per heavy atom. The minimum atomic E-state index is -0.368. The molecule has 0 bridgehead atoms. The number of nitrogens with zero attached hydrogens (tertiary/aromatic N) is 3. The molecule has 0 amide bonds. The molecule has 2 heterocycles. The molecular weight excluding hydrogens is 244 g/mol. The highest BCUT2D eigenvalue weighted by molar-refractivity contribution is 5.80. The molecule has 0 unspecified atom stereocenters. The van der Waals surface area contributed by atoms with Crippen LogP contribution in [-0.4, -0.2) is 14.1 Å². The summed E-state index contributed by atoms with van der Waals surface area (Å²) < 4.78 is 8.48. The average Bonchev–Trinajstić information content (AvgIpc) is 2.91.